The third kappa shape index (κ3) is 2.76. The Morgan fingerprint density at radius 3 is 2.72 bits per heavy atom. The minimum atomic E-state index is -1.34. The van der Waals surface area contributed by atoms with Crippen LogP contribution in [0.15, 0.2) is 30.3 Å². The Bertz CT molecular complexity index is 549. The summed E-state index contributed by atoms with van der Waals surface area (Å²) >= 11 is 0. The highest BCUT2D eigenvalue weighted by molar-refractivity contribution is 5.80. The number of nitrogens with two attached hydrogens (primary N) is 1. The first-order valence-corrected chi connectivity index (χ1v) is 5.94. The smallest absolute Gasteiger partial charge is 0.213 e. The Morgan fingerprint density at radius 1 is 1.28 bits per heavy atom. The molecule has 18 heavy (non-hydrogen) atoms. The normalized spacial score (nSPS) is 11.8. The molecule has 0 bridgehead atoms. The highest BCUT2D eigenvalue weighted by Gasteiger charge is 2.18. The van der Waals surface area contributed by atoms with E-state index in [4.69, 9.17) is 10.5 Å². The molecule has 0 spiro atoms. The molecule has 1 heterocycles. The fourth-order valence-electron chi connectivity index (χ4n) is 1.72. The third-order valence-corrected chi connectivity index (χ3v) is 2.72. The summed E-state index contributed by atoms with van der Waals surface area (Å²) < 4.78 is 19.2. The van der Waals surface area contributed by atoms with Crippen molar-refractivity contribution >= 4 is 10.9 Å². The monoisotopic (exact) mass is 248 g/mol. The second kappa shape index (κ2) is 4.90. The molecule has 4 heteroatoms. The lowest BCUT2D eigenvalue weighted by molar-refractivity contribution is 0.221. The van der Waals surface area contributed by atoms with Gasteiger partial charge in [-0.2, -0.15) is 0 Å². The SMILES string of the molecule is CC(C)(F)c1ccc2nc(OCCN)ccc2c1. The van der Waals surface area contributed by atoms with Crippen molar-refractivity contribution in [1.82, 2.24) is 4.98 Å². The van der Waals surface area contributed by atoms with Crippen LogP contribution in [0, 0.1) is 0 Å². The van der Waals surface area contributed by atoms with Gasteiger partial charge in [0.2, 0.25) is 5.88 Å². The molecular formula is C14H17FN2O. The summed E-state index contributed by atoms with van der Waals surface area (Å²) in [6.07, 6.45) is 0. The molecule has 0 aliphatic carbocycles. The average molecular weight is 248 g/mol. The van der Waals surface area contributed by atoms with Crippen LogP contribution in [0.4, 0.5) is 4.39 Å². The van der Waals surface area contributed by atoms with Gasteiger partial charge in [0.05, 0.1) is 5.52 Å². The molecule has 0 amide bonds. The molecule has 0 fully saturated rings. The maximum absolute atomic E-state index is 13.8. The van der Waals surface area contributed by atoms with Crippen LogP contribution in [0.1, 0.15) is 19.4 Å². The lowest BCUT2D eigenvalue weighted by atomic mass is 9.98. The van der Waals surface area contributed by atoms with Gasteiger partial charge >= 0.3 is 0 Å². The summed E-state index contributed by atoms with van der Waals surface area (Å²) in [5.41, 5.74) is 5.45. The molecule has 2 N–H and O–H groups in total. The van der Waals surface area contributed by atoms with Crippen molar-refractivity contribution in [3.8, 4) is 5.88 Å². The van der Waals surface area contributed by atoms with Gasteiger partial charge in [0.1, 0.15) is 12.3 Å². The van der Waals surface area contributed by atoms with Crippen molar-refractivity contribution in [2.75, 3.05) is 13.2 Å². The number of halogens is 1. The van der Waals surface area contributed by atoms with E-state index in [2.05, 4.69) is 4.98 Å². The van der Waals surface area contributed by atoms with Crippen LogP contribution in [0.5, 0.6) is 5.88 Å². The summed E-state index contributed by atoms with van der Waals surface area (Å²) in [5.74, 6) is 0.542. The number of alkyl halides is 1. The zero-order chi connectivity index (χ0) is 13.2. The van der Waals surface area contributed by atoms with Crippen molar-refractivity contribution in [3.63, 3.8) is 0 Å². The number of pyridine rings is 1. The molecule has 0 aliphatic heterocycles. The van der Waals surface area contributed by atoms with E-state index in [1.807, 2.05) is 12.1 Å². The maximum atomic E-state index is 13.8. The summed E-state index contributed by atoms with van der Waals surface area (Å²) in [5, 5.41) is 0.901. The largest absolute Gasteiger partial charge is 0.476 e. The molecule has 2 rings (SSSR count). The van der Waals surface area contributed by atoms with E-state index in [-0.39, 0.29) is 0 Å². The van der Waals surface area contributed by atoms with Gasteiger partial charge in [-0.15, -0.1) is 0 Å². The number of fused-ring (bicyclic) bond motifs is 1. The van der Waals surface area contributed by atoms with E-state index in [1.165, 1.54) is 0 Å². The van der Waals surface area contributed by atoms with Crippen LogP contribution >= 0.6 is 0 Å². The molecule has 0 unspecified atom stereocenters. The van der Waals surface area contributed by atoms with Gasteiger partial charge in [0, 0.05) is 18.0 Å². The number of hydrogen-bond acceptors (Lipinski definition) is 3. The number of benzene rings is 1. The van der Waals surface area contributed by atoms with E-state index in [9.17, 15) is 4.39 Å². The number of ether oxygens (including phenoxy) is 1. The van der Waals surface area contributed by atoms with Crippen LogP contribution in [0.3, 0.4) is 0 Å². The maximum Gasteiger partial charge on any atom is 0.213 e. The fraction of sp³-hybridized carbons (Fsp3) is 0.357. The zero-order valence-corrected chi connectivity index (χ0v) is 10.6. The standard InChI is InChI=1S/C14H17FN2O/c1-14(2,15)11-4-5-12-10(9-11)3-6-13(17-12)18-8-7-16/h3-6,9H,7-8,16H2,1-2H3. The van der Waals surface area contributed by atoms with Crippen molar-refractivity contribution < 1.29 is 9.13 Å². The van der Waals surface area contributed by atoms with E-state index in [0.29, 0.717) is 24.6 Å². The fourth-order valence-corrected chi connectivity index (χ4v) is 1.72. The minimum Gasteiger partial charge on any atom is -0.476 e. The van der Waals surface area contributed by atoms with Crippen LogP contribution < -0.4 is 10.5 Å². The van der Waals surface area contributed by atoms with Gasteiger partial charge in [0.25, 0.3) is 0 Å². The summed E-state index contributed by atoms with van der Waals surface area (Å²) in [4.78, 5) is 4.34. The second-order valence-electron chi connectivity index (χ2n) is 4.67. The molecule has 0 atom stereocenters. The molecule has 1 aromatic heterocycles. The Hall–Kier alpha value is -1.68. The molecule has 0 saturated carbocycles. The number of aromatic nitrogens is 1. The lowest BCUT2D eigenvalue weighted by Gasteiger charge is -2.15. The third-order valence-electron chi connectivity index (χ3n) is 2.72. The van der Waals surface area contributed by atoms with Crippen molar-refractivity contribution in [2.24, 2.45) is 5.73 Å². The average Bonchev–Trinajstić information content (AvgIpc) is 2.34. The Morgan fingerprint density at radius 2 is 2.06 bits per heavy atom. The van der Waals surface area contributed by atoms with E-state index >= 15 is 0 Å². The van der Waals surface area contributed by atoms with Gasteiger partial charge in [-0.05, 0) is 37.6 Å². The lowest BCUT2D eigenvalue weighted by Crippen LogP contribution is -2.11. The Kier molecular flexibility index (Phi) is 3.48. The first kappa shape index (κ1) is 12.8. The highest BCUT2D eigenvalue weighted by atomic mass is 19.1. The van der Waals surface area contributed by atoms with Gasteiger partial charge in [-0.25, -0.2) is 9.37 Å². The Balaban J connectivity index is 2.36. The van der Waals surface area contributed by atoms with Gasteiger partial charge in [-0.3, -0.25) is 0 Å². The summed E-state index contributed by atoms with van der Waals surface area (Å²) in [6, 6.07) is 9.02. The molecule has 0 radical (unpaired) electrons. The molecule has 3 nitrogen and oxygen atoms in total. The van der Waals surface area contributed by atoms with Crippen molar-refractivity contribution in [1.29, 1.82) is 0 Å². The molecule has 96 valence electrons. The van der Waals surface area contributed by atoms with Crippen molar-refractivity contribution in [2.45, 2.75) is 19.5 Å². The number of rotatable bonds is 4. The topological polar surface area (TPSA) is 48.1 Å². The first-order valence-electron chi connectivity index (χ1n) is 5.94. The van der Waals surface area contributed by atoms with E-state index < -0.39 is 5.67 Å². The number of nitrogens with zero attached hydrogens (tertiary/aromatic N) is 1. The minimum absolute atomic E-state index is 0.439. The van der Waals surface area contributed by atoms with Crippen LogP contribution in [-0.4, -0.2) is 18.1 Å². The summed E-state index contributed by atoms with van der Waals surface area (Å²) in [7, 11) is 0. The van der Waals surface area contributed by atoms with Gasteiger partial charge < -0.3 is 10.5 Å². The molecule has 2 aromatic rings. The molecular weight excluding hydrogens is 231 g/mol. The van der Waals surface area contributed by atoms with Crippen LogP contribution in [-0.2, 0) is 5.67 Å². The number of hydrogen-bond donors (Lipinski definition) is 1. The molecule has 1 aromatic carbocycles. The van der Waals surface area contributed by atoms with Crippen molar-refractivity contribution in [3.05, 3.63) is 35.9 Å². The van der Waals surface area contributed by atoms with Crippen LogP contribution in [0.2, 0.25) is 0 Å². The predicted octanol–water partition coefficient (Wildman–Crippen LogP) is 2.78. The highest BCUT2D eigenvalue weighted by Crippen LogP contribution is 2.27. The van der Waals surface area contributed by atoms with E-state index in [1.54, 1.807) is 32.0 Å². The molecule has 0 saturated heterocycles. The Labute approximate surface area is 106 Å². The van der Waals surface area contributed by atoms with E-state index in [0.717, 1.165) is 10.9 Å². The summed E-state index contributed by atoms with van der Waals surface area (Å²) in [6.45, 7) is 3.98. The molecule has 0 aliphatic rings. The van der Waals surface area contributed by atoms with Gasteiger partial charge in [-0.1, -0.05) is 6.07 Å². The second-order valence-corrected chi connectivity index (χ2v) is 4.67. The predicted molar refractivity (Wildman–Crippen MR) is 70.4 cm³/mol. The quantitative estimate of drug-likeness (QED) is 0.905. The zero-order valence-electron chi connectivity index (χ0n) is 10.6. The van der Waals surface area contributed by atoms with Gasteiger partial charge in [0.15, 0.2) is 0 Å². The van der Waals surface area contributed by atoms with Crippen LogP contribution in [0.25, 0.3) is 10.9 Å². The first-order chi connectivity index (χ1) is 8.50.